The summed E-state index contributed by atoms with van der Waals surface area (Å²) in [7, 11) is 0. The number of rotatable bonds is 6. The molecule has 6 nitrogen and oxygen atoms in total. The zero-order valence-corrected chi connectivity index (χ0v) is 16.8. The van der Waals surface area contributed by atoms with Crippen molar-refractivity contribution in [3.8, 4) is 11.6 Å². The quantitative estimate of drug-likeness (QED) is 0.353. The van der Waals surface area contributed by atoms with Crippen LogP contribution < -0.4 is 0 Å². The van der Waals surface area contributed by atoms with Crippen LogP contribution in [0.3, 0.4) is 0 Å². The van der Waals surface area contributed by atoms with Gasteiger partial charge >= 0.3 is 0 Å². The Balaban J connectivity index is 1.44. The zero-order valence-electron chi connectivity index (χ0n) is 15.3. The van der Waals surface area contributed by atoms with Gasteiger partial charge < -0.3 is 8.82 Å². The van der Waals surface area contributed by atoms with E-state index in [2.05, 4.69) is 31.9 Å². The highest BCUT2D eigenvalue weighted by molar-refractivity contribution is 7.98. The molecule has 0 N–H and O–H groups in total. The van der Waals surface area contributed by atoms with E-state index in [1.54, 1.807) is 18.0 Å². The number of furan rings is 1. The van der Waals surface area contributed by atoms with Crippen LogP contribution in [0.5, 0.6) is 0 Å². The summed E-state index contributed by atoms with van der Waals surface area (Å²) in [6, 6.07) is 17.7. The Kier molecular flexibility index (Phi) is 4.83. The number of hydrogen-bond donors (Lipinski definition) is 0. The molecule has 0 amide bonds. The molecule has 29 heavy (non-hydrogen) atoms. The van der Waals surface area contributed by atoms with Gasteiger partial charge in [-0.15, -0.1) is 10.2 Å². The first-order chi connectivity index (χ1) is 14.3. The molecule has 0 atom stereocenters. The molecule has 4 aromatic heterocycles. The van der Waals surface area contributed by atoms with Crippen LogP contribution in [0, 0.1) is 0 Å². The van der Waals surface area contributed by atoms with Crippen molar-refractivity contribution in [2.75, 3.05) is 0 Å². The van der Waals surface area contributed by atoms with Gasteiger partial charge in [0.2, 0.25) is 5.82 Å². The van der Waals surface area contributed by atoms with Crippen LogP contribution >= 0.6 is 23.4 Å². The highest BCUT2D eigenvalue weighted by atomic mass is 35.5. The van der Waals surface area contributed by atoms with Crippen molar-refractivity contribution in [2.24, 2.45) is 0 Å². The number of imidazole rings is 1. The van der Waals surface area contributed by atoms with Crippen molar-refractivity contribution >= 4 is 29.0 Å². The fourth-order valence-corrected chi connectivity index (χ4v) is 4.11. The van der Waals surface area contributed by atoms with Crippen molar-refractivity contribution < 1.29 is 4.42 Å². The number of thioether (sulfide) groups is 1. The number of benzene rings is 1. The third kappa shape index (κ3) is 3.79. The molecule has 0 saturated carbocycles. The number of halogens is 1. The molecule has 5 aromatic rings. The van der Waals surface area contributed by atoms with E-state index in [1.807, 2.05) is 59.3 Å². The standard InChI is InChI=1S/C21H16ClN5OS/c22-16-8-9-19-23-17(13-26(19)12-16)14-29-21-25-24-20(18-7-4-10-28-18)27(21)11-15-5-2-1-3-6-15/h1-10,12-13H,11,14H2. The summed E-state index contributed by atoms with van der Waals surface area (Å²) in [5.41, 5.74) is 2.99. The normalized spacial score (nSPS) is 11.3. The Hall–Kier alpha value is -3.03. The van der Waals surface area contributed by atoms with Crippen LogP contribution in [0.2, 0.25) is 5.02 Å². The van der Waals surface area contributed by atoms with Crippen LogP contribution in [0.4, 0.5) is 0 Å². The highest BCUT2D eigenvalue weighted by Gasteiger charge is 2.17. The number of hydrogen-bond acceptors (Lipinski definition) is 5. The maximum Gasteiger partial charge on any atom is 0.200 e. The highest BCUT2D eigenvalue weighted by Crippen LogP contribution is 2.27. The largest absolute Gasteiger partial charge is 0.461 e. The Morgan fingerprint density at radius 3 is 2.69 bits per heavy atom. The van der Waals surface area contributed by atoms with Crippen LogP contribution in [0.25, 0.3) is 17.2 Å². The summed E-state index contributed by atoms with van der Waals surface area (Å²) in [6.07, 6.45) is 5.48. The van der Waals surface area contributed by atoms with E-state index in [9.17, 15) is 0 Å². The summed E-state index contributed by atoms with van der Waals surface area (Å²) in [5.74, 6) is 2.08. The fraction of sp³-hybridized carbons (Fsp3) is 0.0952. The van der Waals surface area contributed by atoms with E-state index in [-0.39, 0.29) is 0 Å². The molecular weight excluding hydrogens is 406 g/mol. The molecular formula is C21H16ClN5OS. The van der Waals surface area contributed by atoms with Crippen LogP contribution in [0.15, 0.2) is 82.8 Å². The van der Waals surface area contributed by atoms with E-state index in [4.69, 9.17) is 16.0 Å². The van der Waals surface area contributed by atoms with E-state index < -0.39 is 0 Å². The second-order valence-corrected chi connectivity index (χ2v) is 7.87. The maximum atomic E-state index is 6.07. The Morgan fingerprint density at radius 2 is 1.86 bits per heavy atom. The monoisotopic (exact) mass is 421 g/mol. The van der Waals surface area contributed by atoms with Crippen LogP contribution in [-0.4, -0.2) is 24.1 Å². The number of fused-ring (bicyclic) bond motifs is 1. The van der Waals surface area contributed by atoms with E-state index >= 15 is 0 Å². The molecule has 144 valence electrons. The summed E-state index contributed by atoms with van der Waals surface area (Å²) in [4.78, 5) is 4.65. The molecule has 0 spiro atoms. The number of pyridine rings is 1. The third-order valence-corrected chi connectivity index (χ3v) is 5.68. The average Bonchev–Trinajstić information content (AvgIpc) is 3.46. The van der Waals surface area contributed by atoms with Crippen molar-refractivity contribution in [1.82, 2.24) is 24.1 Å². The van der Waals surface area contributed by atoms with Gasteiger partial charge in [0.1, 0.15) is 5.65 Å². The smallest absolute Gasteiger partial charge is 0.200 e. The van der Waals surface area contributed by atoms with Gasteiger partial charge in [0, 0.05) is 18.1 Å². The summed E-state index contributed by atoms with van der Waals surface area (Å²) in [6.45, 7) is 0.660. The van der Waals surface area contributed by atoms with Gasteiger partial charge in [0.15, 0.2) is 10.9 Å². The minimum Gasteiger partial charge on any atom is -0.461 e. The first kappa shape index (κ1) is 18.0. The third-order valence-electron chi connectivity index (χ3n) is 4.46. The molecule has 4 heterocycles. The zero-order chi connectivity index (χ0) is 19.6. The maximum absolute atomic E-state index is 6.07. The molecule has 5 rings (SSSR count). The molecule has 0 aliphatic carbocycles. The predicted octanol–water partition coefficient (Wildman–Crippen LogP) is 5.18. The van der Waals surface area contributed by atoms with Crippen molar-refractivity contribution in [3.05, 3.63) is 89.5 Å². The van der Waals surface area contributed by atoms with Crippen molar-refractivity contribution in [3.63, 3.8) is 0 Å². The van der Waals surface area contributed by atoms with E-state index in [0.29, 0.717) is 28.9 Å². The molecule has 0 saturated heterocycles. The van der Waals surface area contributed by atoms with Crippen molar-refractivity contribution in [2.45, 2.75) is 17.5 Å². The topological polar surface area (TPSA) is 61.2 Å². The minimum atomic E-state index is 0.660. The second-order valence-electron chi connectivity index (χ2n) is 6.49. The first-order valence-electron chi connectivity index (χ1n) is 9.03. The molecule has 0 fully saturated rings. The Bertz CT molecular complexity index is 1250. The lowest BCUT2D eigenvalue weighted by molar-refractivity contribution is 0.569. The van der Waals surface area contributed by atoms with Gasteiger partial charge in [0.05, 0.1) is 23.5 Å². The molecule has 0 unspecified atom stereocenters. The van der Waals surface area contributed by atoms with Crippen molar-refractivity contribution in [1.29, 1.82) is 0 Å². The van der Waals surface area contributed by atoms with E-state index in [1.165, 1.54) is 5.56 Å². The lowest BCUT2D eigenvalue weighted by atomic mass is 10.2. The summed E-state index contributed by atoms with van der Waals surface area (Å²) >= 11 is 7.66. The van der Waals surface area contributed by atoms with Crippen LogP contribution in [0.1, 0.15) is 11.3 Å². The SMILES string of the molecule is Clc1ccc2nc(CSc3nnc(-c4ccco4)n3Cc3ccccc3)cn2c1. The summed E-state index contributed by atoms with van der Waals surface area (Å²) < 4.78 is 9.57. The van der Waals surface area contributed by atoms with Gasteiger partial charge in [0.25, 0.3) is 0 Å². The van der Waals surface area contributed by atoms with Crippen LogP contribution in [-0.2, 0) is 12.3 Å². The summed E-state index contributed by atoms with van der Waals surface area (Å²) in [5, 5.41) is 10.3. The van der Waals surface area contributed by atoms with Gasteiger partial charge in [-0.1, -0.05) is 53.7 Å². The number of nitrogens with zero attached hydrogens (tertiary/aromatic N) is 5. The number of aromatic nitrogens is 5. The van der Waals surface area contributed by atoms with Gasteiger partial charge in [-0.3, -0.25) is 4.57 Å². The van der Waals surface area contributed by atoms with Gasteiger partial charge in [-0.2, -0.15) is 0 Å². The van der Waals surface area contributed by atoms with Gasteiger partial charge in [-0.05, 0) is 29.8 Å². The first-order valence-corrected chi connectivity index (χ1v) is 10.4. The molecule has 0 bridgehead atoms. The second kappa shape index (κ2) is 7.77. The Labute approximate surface area is 176 Å². The van der Waals surface area contributed by atoms with E-state index in [0.717, 1.165) is 16.5 Å². The minimum absolute atomic E-state index is 0.660. The Morgan fingerprint density at radius 1 is 0.966 bits per heavy atom. The fourth-order valence-electron chi connectivity index (χ4n) is 3.12. The molecule has 1 aromatic carbocycles. The lowest BCUT2D eigenvalue weighted by Crippen LogP contribution is -2.03. The molecule has 8 heteroatoms. The predicted molar refractivity (Wildman–Crippen MR) is 113 cm³/mol. The lowest BCUT2D eigenvalue weighted by Gasteiger charge is -2.09. The molecule has 0 aliphatic heterocycles. The molecule has 0 aliphatic rings. The molecule has 0 radical (unpaired) electrons. The van der Waals surface area contributed by atoms with Gasteiger partial charge in [-0.25, -0.2) is 4.98 Å². The average molecular weight is 422 g/mol.